The highest BCUT2D eigenvalue weighted by atomic mass is 16.1. The Hall–Kier alpha value is -2.03. The Balaban J connectivity index is 2.07. The molecule has 17 heavy (non-hydrogen) atoms. The van der Waals surface area contributed by atoms with Gasteiger partial charge in [0.05, 0.1) is 5.56 Å². The van der Waals surface area contributed by atoms with Crippen LogP contribution in [0.2, 0.25) is 0 Å². The average molecular weight is 228 g/mol. The third-order valence-corrected chi connectivity index (χ3v) is 2.70. The van der Waals surface area contributed by atoms with E-state index in [4.69, 9.17) is 0 Å². The SMILES string of the molecule is CC(C)c1ccc(NC(=O)c2cc[nH]c2)cc1. The fourth-order valence-electron chi connectivity index (χ4n) is 1.62. The summed E-state index contributed by atoms with van der Waals surface area (Å²) in [6, 6.07) is 9.69. The number of amides is 1. The Morgan fingerprint density at radius 2 is 1.88 bits per heavy atom. The molecule has 0 spiro atoms. The Kier molecular flexibility index (Phi) is 3.28. The standard InChI is InChI=1S/C14H16N2O/c1-10(2)11-3-5-13(6-4-11)16-14(17)12-7-8-15-9-12/h3-10,15H,1-2H3,(H,16,17). The third-order valence-electron chi connectivity index (χ3n) is 2.70. The zero-order chi connectivity index (χ0) is 12.3. The number of hydrogen-bond donors (Lipinski definition) is 2. The van der Waals surface area contributed by atoms with Gasteiger partial charge in [-0.1, -0.05) is 26.0 Å². The molecular formula is C14H16N2O. The van der Waals surface area contributed by atoms with E-state index in [1.165, 1.54) is 5.56 Å². The van der Waals surface area contributed by atoms with E-state index in [2.05, 4.69) is 24.1 Å². The Morgan fingerprint density at radius 3 is 2.41 bits per heavy atom. The van der Waals surface area contributed by atoms with Gasteiger partial charge in [-0.25, -0.2) is 0 Å². The van der Waals surface area contributed by atoms with Crippen LogP contribution in [-0.4, -0.2) is 10.9 Å². The van der Waals surface area contributed by atoms with Crippen molar-refractivity contribution in [1.29, 1.82) is 0 Å². The first-order valence-corrected chi connectivity index (χ1v) is 5.71. The molecule has 3 heteroatoms. The van der Waals surface area contributed by atoms with Crippen LogP contribution in [0, 0.1) is 0 Å². The molecule has 0 aliphatic heterocycles. The highest BCUT2D eigenvalue weighted by molar-refractivity contribution is 6.04. The van der Waals surface area contributed by atoms with Gasteiger partial charge in [-0.3, -0.25) is 4.79 Å². The second kappa shape index (κ2) is 4.87. The zero-order valence-corrected chi connectivity index (χ0v) is 10.0. The van der Waals surface area contributed by atoms with Crippen molar-refractivity contribution >= 4 is 11.6 Å². The van der Waals surface area contributed by atoms with Crippen LogP contribution in [0.1, 0.15) is 35.7 Å². The van der Waals surface area contributed by atoms with Gasteiger partial charge in [0.1, 0.15) is 0 Å². The van der Waals surface area contributed by atoms with E-state index < -0.39 is 0 Å². The first-order valence-electron chi connectivity index (χ1n) is 5.71. The lowest BCUT2D eigenvalue weighted by molar-refractivity contribution is 0.102. The molecule has 88 valence electrons. The van der Waals surface area contributed by atoms with Crippen LogP contribution in [0.5, 0.6) is 0 Å². The highest BCUT2D eigenvalue weighted by Gasteiger charge is 2.06. The molecular weight excluding hydrogens is 212 g/mol. The van der Waals surface area contributed by atoms with Crippen molar-refractivity contribution in [1.82, 2.24) is 4.98 Å². The summed E-state index contributed by atoms with van der Waals surface area (Å²) in [7, 11) is 0. The van der Waals surface area contributed by atoms with E-state index >= 15 is 0 Å². The van der Waals surface area contributed by atoms with Gasteiger partial charge in [0.2, 0.25) is 0 Å². The molecule has 0 aliphatic carbocycles. The third kappa shape index (κ3) is 2.75. The van der Waals surface area contributed by atoms with Crippen LogP contribution in [0.4, 0.5) is 5.69 Å². The zero-order valence-electron chi connectivity index (χ0n) is 10.0. The van der Waals surface area contributed by atoms with Gasteiger partial charge in [0.25, 0.3) is 5.91 Å². The highest BCUT2D eigenvalue weighted by Crippen LogP contribution is 2.17. The van der Waals surface area contributed by atoms with Crippen molar-refractivity contribution in [3.8, 4) is 0 Å². The summed E-state index contributed by atoms with van der Waals surface area (Å²) < 4.78 is 0. The molecule has 0 atom stereocenters. The van der Waals surface area contributed by atoms with Crippen LogP contribution in [0.3, 0.4) is 0 Å². The van der Waals surface area contributed by atoms with Crippen LogP contribution in [-0.2, 0) is 0 Å². The molecule has 0 saturated carbocycles. The van der Waals surface area contributed by atoms with Crippen LogP contribution >= 0.6 is 0 Å². The largest absolute Gasteiger partial charge is 0.367 e. The molecule has 2 rings (SSSR count). The van der Waals surface area contributed by atoms with Crippen LogP contribution < -0.4 is 5.32 Å². The molecule has 0 radical (unpaired) electrons. The summed E-state index contributed by atoms with van der Waals surface area (Å²) >= 11 is 0. The van der Waals surface area contributed by atoms with Gasteiger partial charge in [-0.2, -0.15) is 0 Å². The summed E-state index contributed by atoms with van der Waals surface area (Å²) in [5, 5.41) is 2.85. The maximum atomic E-state index is 11.8. The number of anilines is 1. The monoisotopic (exact) mass is 228 g/mol. The Bertz CT molecular complexity index is 483. The predicted octanol–water partition coefficient (Wildman–Crippen LogP) is 3.39. The first kappa shape index (κ1) is 11.5. The van der Waals surface area contributed by atoms with Crippen molar-refractivity contribution in [3.63, 3.8) is 0 Å². The predicted molar refractivity (Wildman–Crippen MR) is 69.3 cm³/mol. The molecule has 0 fully saturated rings. The number of nitrogens with one attached hydrogen (secondary N) is 2. The van der Waals surface area contributed by atoms with Gasteiger partial charge >= 0.3 is 0 Å². The molecule has 0 bridgehead atoms. The van der Waals surface area contributed by atoms with E-state index in [0.717, 1.165) is 5.69 Å². The number of aromatic amines is 1. The second-order valence-electron chi connectivity index (χ2n) is 4.33. The number of benzene rings is 1. The lowest BCUT2D eigenvalue weighted by Gasteiger charge is -2.07. The minimum atomic E-state index is -0.0939. The van der Waals surface area contributed by atoms with Crippen molar-refractivity contribution < 1.29 is 4.79 Å². The lowest BCUT2D eigenvalue weighted by Crippen LogP contribution is -2.10. The maximum Gasteiger partial charge on any atom is 0.257 e. The molecule has 3 nitrogen and oxygen atoms in total. The molecule has 1 amide bonds. The normalized spacial score (nSPS) is 10.5. The van der Waals surface area contributed by atoms with E-state index in [9.17, 15) is 4.79 Å². The summed E-state index contributed by atoms with van der Waals surface area (Å²) in [5.41, 5.74) is 2.73. The van der Waals surface area contributed by atoms with Gasteiger partial charge in [0.15, 0.2) is 0 Å². The molecule has 2 N–H and O–H groups in total. The summed E-state index contributed by atoms with van der Waals surface area (Å²) in [5.74, 6) is 0.410. The van der Waals surface area contributed by atoms with E-state index in [0.29, 0.717) is 11.5 Å². The van der Waals surface area contributed by atoms with Crippen molar-refractivity contribution in [2.75, 3.05) is 5.32 Å². The fraction of sp³-hybridized carbons (Fsp3) is 0.214. The molecule has 2 aromatic rings. The molecule has 0 aliphatic rings. The van der Waals surface area contributed by atoms with Gasteiger partial charge in [-0.15, -0.1) is 0 Å². The van der Waals surface area contributed by atoms with E-state index in [1.54, 1.807) is 18.5 Å². The number of rotatable bonds is 3. The summed E-state index contributed by atoms with van der Waals surface area (Å²) in [6.45, 7) is 4.29. The number of H-pyrrole nitrogens is 1. The number of aromatic nitrogens is 1. The molecule has 1 aromatic carbocycles. The smallest absolute Gasteiger partial charge is 0.257 e. The Morgan fingerprint density at radius 1 is 1.18 bits per heavy atom. The maximum absolute atomic E-state index is 11.8. The van der Waals surface area contributed by atoms with Crippen molar-refractivity contribution in [2.24, 2.45) is 0 Å². The van der Waals surface area contributed by atoms with Crippen LogP contribution in [0.15, 0.2) is 42.7 Å². The van der Waals surface area contributed by atoms with Crippen molar-refractivity contribution in [2.45, 2.75) is 19.8 Å². The summed E-state index contributed by atoms with van der Waals surface area (Å²) in [6.07, 6.45) is 3.41. The minimum Gasteiger partial charge on any atom is -0.367 e. The van der Waals surface area contributed by atoms with Gasteiger partial charge in [-0.05, 0) is 29.7 Å². The van der Waals surface area contributed by atoms with Gasteiger partial charge in [0, 0.05) is 18.1 Å². The first-order chi connectivity index (χ1) is 8.16. The number of carbonyl (C=O) groups excluding carboxylic acids is 1. The molecule has 1 heterocycles. The van der Waals surface area contributed by atoms with Gasteiger partial charge < -0.3 is 10.3 Å². The Labute approximate surface area is 101 Å². The quantitative estimate of drug-likeness (QED) is 0.831. The van der Waals surface area contributed by atoms with E-state index in [1.807, 2.05) is 24.3 Å². The van der Waals surface area contributed by atoms with E-state index in [-0.39, 0.29) is 5.91 Å². The summed E-state index contributed by atoms with van der Waals surface area (Å²) in [4.78, 5) is 14.6. The molecule has 0 unspecified atom stereocenters. The average Bonchev–Trinajstić information content (AvgIpc) is 2.83. The van der Waals surface area contributed by atoms with Crippen molar-refractivity contribution in [3.05, 3.63) is 53.9 Å². The fourth-order valence-corrected chi connectivity index (χ4v) is 1.62. The second-order valence-corrected chi connectivity index (χ2v) is 4.33. The lowest BCUT2D eigenvalue weighted by atomic mass is 10.0. The minimum absolute atomic E-state index is 0.0939. The molecule has 0 saturated heterocycles. The number of carbonyl (C=O) groups is 1. The number of hydrogen-bond acceptors (Lipinski definition) is 1. The van der Waals surface area contributed by atoms with Crippen LogP contribution in [0.25, 0.3) is 0 Å². The topological polar surface area (TPSA) is 44.9 Å². The molecule has 1 aromatic heterocycles.